The van der Waals surface area contributed by atoms with Gasteiger partial charge in [0, 0.05) is 10.8 Å². The minimum atomic E-state index is 0. The van der Waals surface area contributed by atoms with Crippen molar-refractivity contribution in [3.05, 3.63) is 54.6 Å². The summed E-state index contributed by atoms with van der Waals surface area (Å²) in [5.74, 6) is 0.938. The van der Waals surface area contributed by atoms with Crippen molar-refractivity contribution in [1.82, 2.24) is 0 Å². The fourth-order valence-corrected chi connectivity index (χ4v) is 3.35. The second-order valence-electron chi connectivity index (χ2n) is 6.36. The summed E-state index contributed by atoms with van der Waals surface area (Å²) < 4.78 is 11.7. The van der Waals surface area contributed by atoms with E-state index < -0.39 is 0 Å². The average Bonchev–Trinajstić information content (AvgIpc) is 2.63. The van der Waals surface area contributed by atoms with Crippen LogP contribution in [0.15, 0.2) is 54.6 Å². The Balaban J connectivity index is 0.00000121. The average molecular weight is 351 g/mol. The van der Waals surface area contributed by atoms with Crippen LogP contribution in [0.2, 0.25) is 0 Å². The highest BCUT2D eigenvalue weighted by Crippen LogP contribution is 2.38. The van der Waals surface area contributed by atoms with Gasteiger partial charge in [-0.25, -0.2) is 0 Å². The highest BCUT2D eigenvalue weighted by Gasteiger charge is 2.11. The topological polar surface area (TPSA) is 18.5 Å². The van der Waals surface area contributed by atoms with Crippen molar-refractivity contribution in [3.8, 4) is 5.75 Å². The van der Waals surface area contributed by atoms with E-state index >= 15 is 0 Å². The lowest BCUT2D eigenvalue weighted by Crippen LogP contribution is -2.13. The lowest BCUT2D eigenvalue weighted by molar-refractivity contribution is 0.0430. The van der Waals surface area contributed by atoms with Crippen LogP contribution in [-0.2, 0) is 4.74 Å². The van der Waals surface area contributed by atoms with E-state index in [2.05, 4.69) is 68.4 Å². The Morgan fingerprint density at radius 2 is 1.38 bits per heavy atom. The van der Waals surface area contributed by atoms with Crippen LogP contribution < -0.4 is 4.74 Å². The van der Waals surface area contributed by atoms with E-state index in [0.717, 1.165) is 12.2 Å². The molecular weight excluding hydrogens is 320 g/mol. The summed E-state index contributed by atoms with van der Waals surface area (Å²) in [5, 5.41) is 7.63. The maximum absolute atomic E-state index is 6.03. The van der Waals surface area contributed by atoms with E-state index in [-0.39, 0.29) is 21.0 Å². The molecule has 0 aliphatic heterocycles. The standard InChI is InChI=1S/C22H22O2.2CH4/c1-3-15(2)23-13-14-24-20-12-10-18-8-7-16-5-4-6-17-9-11-19(20)22(18)21(16)17;;/h4-12,15H,3,13-14H2,1-2H3;2*1H4. The number of benzene rings is 4. The lowest BCUT2D eigenvalue weighted by atomic mass is 9.94. The van der Waals surface area contributed by atoms with Crippen molar-refractivity contribution in [2.75, 3.05) is 13.2 Å². The molecule has 0 fully saturated rings. The minimum Gasteiger partial charge on any atom is -0.491 e. The first-order chi connectivity index (χ1) is 11.8. The molecule has 0 aliphatic rings. The van der Waals surface area contributed by atoms with Gasteiger partial charge >= 0.3 is 0 Å². The molecule has 1 unspecified atom stereocenters. The molecule has 2 nitrogen and oxygen atoms in total. The Kier molecular flexibility index (Phi) is 6.44. The van der Waals surface area contributed by atoms with Gasteiger partial charge in [-0.2, -0.15) is 0 Å². The van der Waals surface area contributed by atoms with Gasteiger partial charge in [0.05, 0.1) is 12.7 Å². The summed E-state index contributed by atoms with van der Waals surface area (Å²) in [6, 6.07) is 19.4. The van der Waals surface area contributed by atoms with Crippen molar-refractivity contribution < 1.29 is 9.47 Å². The summed E-state index contributed by atoms with van der Waals surface area (Å²) >= 11 is 0. The molecule has 0 bridgehead atoms. The Bertz CT molecular complexity index is 958. The van der Waals surface area contributed by atoms with Gasteiger partial charge in [0.25, 0.3) is 0 Å². The van der Waals surface area contributed by atoms with Crippen molar-refractivity contribution in [3.63, 3.8) is 0 Å². The number of ether oxygens (including phenoxy) is 2. The Morgan fingerprint density at radius 3 is 2.08 bits per heavy atom. The molecule has 2 heteroatoms. The predicted molar refractivity (Wildman–Crippen MR) is 115 cm³/mol. The summed E-state index contributed by atoms with van der Waals surface area (Å²) in [7, 11) is 0. The van der Waals surface area contributed by atoms with Gasteiger partial charge in [0.15, 0.2) is 0 Å². The highest BCUT2D eigenvalue weighted by atomic mass is 16.5. The van der Waals surface area contributed by atoms with Crippen LogP contribution in [0.4, 0.5) is 0 Å². The lowest BCUT2D eigenvalue weighted by Gasteiger charge is -2.15. The Morgan fingerprint density at radius 1 is 0.769 bits per heavy atom. The summed E-state index contributed by atoms with van der Waals surface area (Å²) in [6.07, 6.45) is 1.31. The molecule has 26 heavy (non-hydrogen) atoms. The number of hydrogen-bond acceptors (Lipinski definition) is 2. The maximum atomic E-state index is 6.03. The second-order valence-corrected chi connectivity index (χ2v) is 6.36. The van der Waals surface area contributed by atoms with Gasteiger partial charge in [-0.1, -0.05) is 64.2 Å². The molecule has 1 atom stereocenters. The monoisotopic (exact) mass is 350 g/mol. The molecule has 4 aromatic rings. The Hall–Kier alpha value is -2.32. The van der Waals surface area contributed by atoms with Crippen LogP contribution in [-0.4, -0.2) is 19.3 Å². The maximum Gasteiger partial charge on any atom is 0.127 e. The SMILES string of the molecule is C.C.CCC(C)OCCOc1ccc2ccc3cccc4ccc1c2c34. The van der Waals surface area contributed by atoms with Crippen LogP contribution in [0, 0.1) is 0 Å². The molecule has 0 aliphatic carbocycles. The molecule has 0 saturated carbocycles. The zero-order valence-electron chi connectivity index (χ0n) is 14.2. The van der Waals surface area contributed by atoms with Crippen LogP contribution >= 0.6 is 0 Å². The summed E-state index contributed by atoms with van der Waals surface area (Å²) in [4.78, 5) is 0. The molecule has 0 heterocycles. The van der Waals surface area contributed by atoms with Gasteiger partial charge in [0.1, 0.15) is 12.4 Å². The highest BCUT2D eigenvalue weighted by molar-refractivity contribution is 6.24. The quantitative estimate of drug-likeness (QED) is 0.274. The van der Waals surface area contributed by atoms with Crippen molar-refractivity contribution in [2.45, 2.75) is 41.2 Å². The molecule has 0 saturated heterocycles. The van der Waals surface area contributed by atoms with Crippen LogP contribution in [0.1, 0.15) is 35.1 Å². The normalized spacial score (nSPS) is 12.1. The van der Waals surface area contributed by atoms with Gasteiger partial charge in [-0.3, -0.25) is 0 Å². The third-order valence-corrected chi connectivity index (χ3v) is 4.81. The molecule has 0 amide bonds. The zero-order chi connectivity index (χ0) is 16.5. The van der Waals surface area contributed by atoms with Gasteiger partial charge in [-0.05, 0) is 47.0 Å². The largest absolute Gasteiger partial charge is 0.491 e. The zero-order valence-corrected chi connectivity index (χ0v) is 14.2. The molecule has 0 N–H and O–H groups in total. The van der Waals surface area contributed by atoms with Gasteiger partial charge in [-0.15, -0.1) is 0 Å². The molecule has 0 radical (unpaired) electrons. The first-order valence-electron chi connectivity index (χ1n) is 8.69. The smallest absolute Gasteiger partial charge is 0.127 e. The van der Waals surface area contributed by atoms with E-state index in [1.54, 1.807) is 0 Å². The van der Waals surface area contributed by atoms with Crippen LogP contribution in [0.25, 0.3) is 32.3 Å². The fourth-order valence-electron chi connectivity index (χ4n) is 3.35. The van der Waals surface area contributed by atoms with E-state index in [9.17, 15) is 0 Å². The summed E-state index contributed by atoms with van der Waals surface area (Å²) in [5.41, 5.74) is 0. The molecule has 4 aromatic carbocycles. The van der Waals surface area contributed by atoms with Gasteiger partial charge < -0.3 is 9.47 Å². The Labute approximate surface area is 157 Å². The predicted octanol–water partition coefficient (Wildman–Crippen LogP) is 7.05. The van der Waals surface area contributed by atoms with E-state index in [4.69, 9.17) is 9.47 Å². The molecule has 4 rings (SSSR count). The molecular formula is C24H30O2. The van der Waals surface area contributed by atoms with Crippen LogP contribution in [0.5, 0.6) is 5.75 Å². The molecule has 138 valence electrons. The third kappa shape index (κ3) is 3.47. The minimum absolute atomic E-state index is 0. The summed E-state index contributed by atoms with van der Waals surface area (Å²) in [6.45, 7) is 5.42. The van der Waals surface area contributed by atoms with Crippen LogP contribution in [0.3, 0.4) is 0 Å². The first kappa shape index (κ1) is 20.0. The van der Waals surface area contributed by atoms with E-state index in [1.165, 1.54) is 32.3 Å². The van der Waals surface area contributed by atoms with Crippen molar-refractivity contribution >= 4 is 32.3 Å². The number of hydrogen-bond donors (Lipinski definition) is 0. The molecule has 0 aromatic heterocycles. The number of rotatable bonds is 6. The first-order valence-corrected chi connectivity index (χ1v) is 8.69. The van der Waals surface area contributed by atoms with E-state index in [0.29, 0.717) is 13.2 Å². The second kappa shape index (κ2) is 8.37. The fraction of sp³-hybridized carbons (Fsp3) is 0.333. The third-order valence-electron chi connectivity index (χ3n) is 4.81. The molecule has 0 spiro atoms. The van der Waals surface area contributed by atoms with Crippen molar-refractivity contribution in [2.24, 2.45) is 0 Å². The van der Waals surface area contributed by atoms with Crippen molar-refractivity contribution in [1.29, 1.82) is 0 Å². The van der Waals surface area contributed by atoms with E-state index in [1.807, 2.05) is 0 Å². The van der Waals surface area contributed by atoms with Gasteiger partial charge in [0.2, 0.25) is 0 Å².